The highest BCUT2D eigenvalue weighted by molar-refractivity contribution is 5.77. The van der Waals surface area contributed by atoms with Crippen molar-refractivity contribution in [1.82, 2.24) is 10.2 Å². The van der Waals surface area contributed by atoms with Gasteiger partial charge in [0, 0.05) is 6.54 Å². The number of carbonyl (C=O) groups is 1. The zero-order valence-corrected chi connectivity index (χ0v) is 13.1. The molecule has 4 nitrogen and oxygen atoms in total. The van der Waals surface area contributed by atoms with E-state index in [0.29, 0.717) is 0 Å². The molecule has 1 fully saturated rings. The lowest BCUT2D eigenvalue weighted by atomic mass is 9.94. The molecule has 0 aliphatic carbocycles. The van der Waals surface area contributed by atoms with Gasteiger partial charge in [-0.25, -0.2) is 0 Å². The Balaban J connectivity index is 1.59. The van der Waals surface area contributed by atoms with Gasteiger partial charge in [-0.3, -0.25) is 4.79 Å². The average molecular weight is 290 g/mol. The first kappa shape index (κ1) is 15.8. The van der Waals surface area contributed by atoms with Crippen LogP contribution in [0.5, 0.6) is 5.75 Å². The van der Waals surface area contributed by atoms with Crippen molar-refractivity contribution in [2.45, 2.75) is 26.2 Å². The minimum atomic E-state index is -0.0376. The van der Waals surface area contributed by atoms with Crippen LogP contribution in [-0.4, -0.2) is 44.1 Å². The Hall–Kier alpha value is -1.55. The van der Waals surface area contributed by atoms with Crippen LogP contribution in [-0.2, 0) is 4.79 Å². The molecule has 0 spiro atoms. The molecule has 1 aromatic rings. The summed E-state index contributed by atoms with van der Waals surface area (Å²) in [5.74, 6) is 1.46. The van der Waals surface area contributed by atoms with Gasteiger partial charge in [-0.15, -0.1) is 0 Å². The van der Waals surface area contributed by atoms with Gasteiger partial charge in [-0.1, -0.05) is 12.1 Å². The van der Waals surface area contributed by atoms with E-state index in [0.717, 1.165) is 30.2 Å². The van der Waals surface area contributed by atoms with Gasteiger partial charge in [0.2, 0.25) is 0 Å². The first-order valence-electron chi connectivity index (χ1n) is 7.78. The van der Waals surface area contributed by atoms with Crippen molar-refractivity contribution in [2.75, 3.05) is 33.3 Å². The molecular weight excluding hydrogens is 264 g/mol. The van der Waals surface area contributed by atoms with Gasteiger partial charge in [-0.2, -0.15) is 0 Å². The maximum Gasteiger partial charge on any atom is 0.257 e. The summed E-state index contributed by atoms with van der Waals surface area (Å²) < 4.78 is 5.49. The molecule has 116 valence electrons. The Labute approximate surface area is 127 Å². The molecule has 4 heteroatoms. The largest absolute Gasteiger partial charge is 0.484 e. The SMILES string of the molecule is Cc1cccc(OCC(=O)NCCC2CCN(C)CC2)c1. The van der Waals surface area contributed by atoms with Crippen LogP contribution in [0.1, 0.15) is 24.8 Å². The monoisotopic (exact) mass is 290 g/mol. The van der Waals surface area contributed by atoms with Crippen LogP contribution in [0.4, 0.5) is 0 Å². The Morgan fingerprint density at radius 3 is 2.86 bits per heavy atom. The van der Waals surface area contributed by atoms with Crippen molar-refractivity contribution in [3.05, 3.63) is 29.8 Å². The summed E-state index contributed by atoms with van der Waals surface area (Å²) in [4.78, 5) is 14.1. The third-order valence-electron chi connectivity index (χ3n) is 4.07. The molecule has 0 saturated carbocycles. The first-order chi connectivity index (χ1) is 10.1. The fourth-order valence-corrected chi connectivity index (χ4v) is 2.67. The zero-order chi connectivity index (χ0) is 15.1. The normalized spacial score (nSPS) is 16.7. The summed E-state index contributed by atoms with van der Waals surface area (Å²) in [5.41, 5.74) is 1.13. The molecule has 2 rings (SSSR count). The zero-order valence-electron chi connectivity index (χ0n) is 13.1. The van der Waals surface area contributed by atoms with Crippen LogP contribution < -0.4 is 10.1 Å². The number of piperidine rings is 1. The van der Waals surface area contributed by atoms with E-state index in [1.165, 1.54) is 25.9 Å². The summed E-state index contributed by atoms with van der Waals surface area (Å²) in [7, 11) is 2.17. The fourth-order valence-electron chi connectivity index (χ4n) is 2.67. The second kappa shape index (κ2) is 8.03. The quantitative estimate of drug-likeness (QED) is 0.873. The van der Waals surface area contributed by atoms with Crippen LogP contribution in [0.2, 0.25) is 0 Å². The molecule has 1 heterocycles. The van der Waals surface area contributed by atoms with Gasteiger partial charge >= 0.3 is 0 Å². The van der Waals surface area contributed by atoms with Crippen molar-refractivity contribution in [3.63, 3.8) is 0 Å². The summed E-state index contributed by atoms with van der Waals surface area (Å²) in [6, 6.07) is 7.75. The molecule has 0 radical (unpaired) electrons. The van der Waals surface area contributed by atoms with Crippen LogP contribution in [0.15, 0.2) is 24.3 Å². The van der Waals surface area contributed by atoms with E-state index in [2.05, 4.69) is 17.3 Å². The predicted octanol–water partition coefficient (Wildman–Crippen LogP) is 2.22. The first-order valence-corrected chi connectivity index (χ1v) is 7.78. The second-order valence-corrected chi connectivity index (χ2v) is 5.99. The summed E-state index contributed by atoms with van der Waals surface area (Å²) >= 11 is 0. The number of nitrogens with one attached hydrogen (secondary N) is 1. The third kappa shape index (κ3) is 5.76. The van der Waals surface area contributed by atoms with Crippen molar-refractivity contribution in [1.29, 1.82) is 0 Å². The summed E-state index contributed by atoms with van der Waals surface area (Å²) in [6.07, 6.45) is 3.56. The molecule has 0 bridgehead atoms. The van der Waals surface area contributed by atoms with E-state index >= 15 is 0 Å². The van der Waals surface area contributed by atoms with Crippen molar-refractivity contribution in [3.8, 4) is 5.75 Å². The Bertz CT molecular complexity index is 454. The molecule has 21 heavy (non-hydrogen) atoms. The van der Waals surface area contributed by atoms with E-state index in [1.807, 2.05) is 31.2 Å². The second-order valence-electron chi connectivity index (χ2n) is 5.99. The summed E-state index contributed by atoms with van der Waals surface area (Å²) in [6.45, 7) is 5.21. The molecule has 1 amide bonds. The van der Waals surface area contributed by atoms with E-state index in [-0.39, 0.29) is 12.5 Å². The lowest BCUT2D eigenvalue weighted by Crippen LogP contribution is -2.34. The van der Waals surface area contributed by atoms with Crippen LogP contribution >= 0.6 is 0 Å². The highest BCUT2D eigenvalue weighted by atomic mass is 16.5. The van der Waals surface area contributed by atoms with Crippen LogP contribution in [0, 0.1) is 12.8 Å². The van der Waals surface area contributed by atoms with Crippen molar-refractivity contribution < 1.29 is 9.53 Å². The van der Waals surface area contributed by atoms with E-state index in [4.69, 9.17) is 4.74 Å². The van der Waals surface area contributed by atoms with Gasteiger partial charge in [0.25, 0.3) is 5.91 Å². The fraction of sp³-hybridized carbons (Fsp3) is 0.588. The van der Waals surface area contributed by atoms with Crippen LogP contribution in [0.25, 0.3) is 0 Å². The average Bonchev–Trinajstić information content (AvgIpc) is 2.47. The Kier molecular flexibility index (Phi) is 6.05. The number of likely N-dealkylation sites (tertiary alicyclic amines) is 1. The van der Waals surface area contributed by atoms with Gasteiger partial charge in [0.15, 0.2) is 6.61 Å². The molecule has 0 atom stereocenters. The number of hydrogen-bond donors (Lipinski definition) is 1. The van der Waals surface area contributed by atoms with E-state index < -0.39 is 0 Å². The number of hydrogen-bond acceptors (Lipinski definition) is 3. The molecular formula is C17H26N2O2. The van der Waals surface area contributed by atoms with E-state index in [9.17, 15) is 4.79 Å². The summed E-state index contributed by atoms with van der Waals surface area (Å²) in [5, 5.41) is 2.95. The standard InChI is InChI=1S/C17H26N2O2/c1-14-4-3-5-16(12-14)21-13-17(20)18-9-6-15-7-10-19(2)11-8-15/h3-5,12,15H,6-11,13H2,1-2H3,(H,18,20). The van der Waals surface area contributed by atoms with Crippen molar-refractivity contribution >= 4 is 5.91 Å². The van der Waals surface area contributed by atoms with Gasteiger partial charge in [0.05, 0.1) is 0 Å². The van der Waals surface area contributed by atoms with E-state index in [1.54, 1.807) is 0 Å². The van der Waals surface area contributed by atoms with Crippen molar-refractivity contribution in [2.24, 2.45) is 5.92 Å². The molecule has 1 aromatic carbocycles. The highest BCUT2D eigenvalue weighted by Crippen LogP contribution is 2.18. The van der Waals surface area contributed by atoms with Gasteiger partial charge in [0.1, 0.15) is 5.75 Å². The maximum atomic E-state index is 11.8. The Morgan fingerprint density at radius 1 is 1.38 bits per heavy atom. The predicted molar refractivity (Wildman–Crippen MR) is 84.5 cm³/mol. The number of benzene rings is 1. The topological polar surface area (TPSA) is 41.6 Å². The Morgan fingerprint density at radius 2 is 2.14 bits per heavy atom. The van der Waals surface area contributed by atoms with Gasteiger partial charge in [-0.05, 0) is 69.9 Å². The molecule has 1 aliphatic rings. The molecule has 1 saturated heterocycles. The minimum absolute atomic E-state index is 0.0376. The number of carbonyl (C=O) groups excluding carboxylic acids is 1. The smallest absolute Gasteiger partial charge is 0.257 e. The lowest BCUT2D eigenvalue weighted by Gasteiger charge is -2.28. The maximum absolute atomic E-state index is 11.8. The van der Waals surface area contributed by atoms with Crippen LogP contribution in [0.3, 0.4) is 0 Å². The third-order valence-corrected chi connectivity index (χ3v) is 4.07. The molecule has 1 aliphatic heterocycles. The molecule has 0 aromatic heterocycles. The van der Waals surface area contributed by atoms with Gasteiger partial charge < -0.3 is 15.0 Å². The number of ether oxygens (including phenoxy) is 1. The lowest BCUT2D eigenvalue weighted by molar-refractivity contribution is -0.123. The molecule has 0 unspecified atom stereocenters. The highest BCUT2D eigenvalue weighted by Gasteiger charge is 2.16. The number of rotatable bonds is 6. The minimum Gasteiger partial charge on any atom is -0.484 e. The molecule has 1 N–H and O–H groups in total. The number of aryl methyl sites for hydroxylation is 1. The number of nitrogens with zero attached hydrogens (tertiary/aromatic N) is 1. The number of amides is 1.